The summed E-state index contributed by atoms with van der Waals surface area (Å²) in [5.41, 5.74) is 6.78. The SMILES string of the molecule is Cc1cc(NC(=O)c2cc(N)cc(F)c2)ncc1Br. The zero-order valence-electron chi connectivity index (χ0n) is 10.1. The number of nitrogens with two attached hydrogens (primary N) is 1. The molecule has 0 saturated carbocycles. The summed E-state index contributed by atoms with van der Waals surface area (Å²) in [6, 6.07) is 5.39. The first kappa shape index (κ1) is 13.5. The van der Waals surface area contributed by atoms with Crippen LogP contribution in [0, 0.1) is 12.7 Å². The fourth-order valence-corrected chi connectivity index (χ4v) is 1.76. The van der Waals surface area contributed by atoms with Crippen LogP contribution in [0.15, 0.2) is 34.9 Å². The Morgan fingerprint density at radius 3 is 2.74 bits per heavy atom. The quantitative estimate of drug-likeness (QED) is 0.834. The lowest BCUT2D eigenvalue weighted by molar-refractivity contribution is 0.102. The smallest absolute Gasteiger partial charge is 0.256 e. The Kier molecular flexibility index (Phi) is 3.80. The number of hydrogen-bond donors (Lipinski definition) is 2. The van der Waals surface area contributed by atoms with Crippen LogP contribution in [0.2, 0.25) is 0 Å². The van der Waals surface area contributed by atoms with Gasteiger partial charge in [-0.3, -0.25) is 4.79 Å². The van der Waals surface area contributed by atoms with Gasteiger partial charge in [0.25, 0.3) is 5.91 Å². The maximum Gasteiger partial charge on any atom is 0.256 e. The standard InChI is InChI=1S/C13H11BrFN3O/c1-7-2-12(17-6-11(7)14)18-13(19)8-3-9(15)5-10(16)4-8/h2-6H,16H2,1H3,(H,17,18,19). The lowest BCUT2D eigenvalue weighted by Crippen LogP contribution is -2.13. The van der Waals surface area contributed by atoms with E-state index in [2.05, 4.69) is 26.2 Å². The van der Waals surface area contributed by atoms with Crippen LogP contribution in [0.4, 0.5) is 15.9 Å². The number of hydrogen-bond acceptors (Lipinski definition) is 3. The lowest BCUT2D eigenvalue weighted by Gasteiger charge is -2.07. The highest BCUT2D eigenvalue weighted by atomic mass is 79.9. The molecular formula is C13H11BrFN3O. The number of carbonyl (C=O) groups excluding carboxylic acids is 1. The maximum atomic E-state index is 13.2. The minimum absolute atomic E-state index is 0.153. The van der Waals surface area contributed by atoms with E-state index in [-0.39, 0.29) is 11.3 Å². The number of aromatic nitrogens is 1. The summed E-state index contributed by atoms with van der Waals surface area (Å²) >= 11 is 3.32. The number of anilines is 2. The molecule has 1 heterocycles. The fraction of sp³-hybridized carbons (Fsp3) is 0.0769. The largest absolute Gasteiger partial charge is 0.399 e. The summed E-state index contributed by atoms with van der Waals surface area (Å²) in [7, 11) is 0. The van der Waals surface area contributed by atoms with Gasteiger partial charge in [0.05, 0.1) is 0 Å². The first-order chi connectivity index (χ1) is 8.95. The molecule has 1 aromatic carbocycles. The highest BCUT2D eigenvalue weighted by Gasteiger charge is 2.09. The van der Waals surface area contributed by atoms with Gasteiger partial charge in [-0.25, -0.2) is 9.37 Å². The van der Waals surface area contributed by atoms with Crippen molar-refractivity contribution in [3.8, 4) is 0 Å². The molecule has 0 aliphatic heterocycles. The number of nitrogens with one attached hydrogen (secondary N) is 1. The van der Waals surface area contributed by atoms with E-state index in [0.717, 1.165) is 22.2 Å². The second kappa shape index (κ2) is 5.36. The van der Waals surface area contributed by atoms with Gasteiger partial charge >= 0.3 is 0 Å². The first-order valence-corrected chi connectivity index (χ1v) is 6.24. The third kappa shape index (κ3) is 3.29. The van der Waals surface area contributed by atoms with Gasteiger partial charge in [-0.2, -0.15) is 0 Å². The monoisotopic (exact) mass is 323 g/mol. The molecule has 0 atom stereocenters. The molecule has 2 rings (SSSR count). The Balaban J connectivity index is 2.22. The maximum absolute atomic E-state index is 13.2. The Morgan fingerprint density at radius 1 is 1.37 bits per heavy atom. The van der Waals surface area contributed by atoms with Gasteiger partial charge in [-0.1, -0.05) is 0 Å². The third-order valence-electron chi connectivity index (χ3n) is 2.47. The van der Waals surface area contributed by atoms with Crippen LogP contribution in [0.25, 0.3) is 0 Å². The van der Waals surface area contributed by atoms with Gasteiger partial charge in [0.1, 0.15) is 11.6 Å². The van der Waals surface area contributed by atoms with Crippen LogP contribution >= 0.6 is 15.9 Å². The van der Waals surface area contributed by atoms with Crippen molar-refractivity contribution in [3.05, 3.63) is 51.9 Å². The number of nitrogens with zero attached hydrogens (tertiary/aromatic N) is 1. The molecule has 2 aromatic rings. The number of benzene rings is 1. The van der Waals surface area contributed by atoms with Crippen molar-refractivity contribution in [1.29, 1.82) is 0 Å². The second-order valence-corrected chi connectivity index (χ2v) is 4.90. The lowest BCUT2D eigenvalue weighted by atomic mass is 10.2. The molecule has 1 amide bonds. The number of carbonyl (C=O) groups is 1. The van der Waals surface area contributed by atoms with E-state index in [9.17, 15) is 9.18 Å². The Bertz CT molecular complexity index is 626. The molecule has 1 aromatic heterocycles. The Morgan fingerprint density at radius 2 is 2.11 bits per heavy atom. The normalized spacial score (nSPS) is 10.3. The summed E-state index contributed by atoms with van der Waals surface area (Å²) in [6.45, 7) is 1.88. The Labute approximate surface area is 118 Å². The summed E-state index contributed by atoms with van der Waals surface area (Å²) in [6.07, 6.45) is 1.59. The molecule has 0 spiro atoms. The van der Waals surface area contributed by atoms with Crippen molar-refractivity contribution < 1.29 is 9.18 Å². The van der Waals surface area contributed by atoms with Gasteiger partial charge < -0.3 is 11.1 Å². The predicted octanol–water partition coefficient (Wildman–Crippen LogP) is 3.13. The summed E-state index contributed by atoms with van der Waals surface area (Å²) in [5.74, 6) is -0.612. The van der Waals surface area contributed by atoms with Gasteiger partial charge in [0, 0.05) is 21.9 Å². The summed E-state index contributed by atoms with van der Waals surface area (Å²) in [5, 5.41) is 2.59. The Hall–Kier alpha value is -1.95. The van der Waals surface area contributed by atoms with Gasteiger partial charge in [-0.15, -0.1) is 0 Å². The minimum atomic E-state index is -0.551. The molecule has 0 aliphatic carbocycles. The number of halogens is 2. The highest BCUT2D eigenvalue weighted by molar-refractivity contribution is 9.10. The molecular weight excluding hydrogens is 313 g/mol. The van der Waals surface area contributed by atoms with Crippen LogP contribution < -0.4 is 11.1 Å². The van der Waals surface area contributed by atoms with E-state index >= 15 is 0 Å². The summed E-state index contributed by atoms with van der Waals surface area (Å²) in [4.78, 5) is 16.0. The average Bonchev–Trinajstić information content (AvgIpc) is 2.32. The molecule has 0 unspecified atom stereocenters. The molecule has 0 saturated heterocycles. The number of rotatable bonds is 2. The molecule has 0 aliphatic rings. The summed E-state index contributed by atoms with van der Waals surface area (Å²) < 4.78 is 14.0. The van der Waals surface area contributed by atoms with E-state index in [1.807, 2.05) is 6.92 Å². The average molecular weight is 324 g/mol. The molecule has 98 valence electrons. The molecule has 19 heavy (non-hydrogen) atoms. The van der Waals surface area contributed by atoms with Crippen LogP contribution in [-0.4, -0.2) is 10.9 Å². The van der Waals surface area contributed by atoms with E-state index in [1.165, 1.54) is 6.07 Å². The molecule has 3 N–H and O–H groups in total. The number of aryl methyl sites for hydroxylation is 1. The molecule has 0 fully saturated rings. The highest BCUT2D eigenvalue weighted by Crippen LogP contribution is 2.18. The van der Waals surface area contributed by atoms with E-state index < -0.39 is 11.7 Å². The van der Waals surface area contributed by atoms with Gasteiger partial charge in [-0.05, 0) is 52.7 Å². The minimum Gasteiger partial charge on any atom is -0.399 e. The van der Waals surface area contributed by atoms with E-state index in [1.54, 1.807) is 12.3 Å². The molecule has 4 nitrogen and oxygen atoms in total. The number of amides is 1. The van der Waals surface area contributed by atoms with Gasteiger partial charge in [0.15, 0.2) is 0 Å². The zero-order valence-corrected chi connectivity index (χ0v) is 11.7. The van der Waals surface area contributed by atoms with Crippen LogP contribution in [0.3, 0.4) is 0 Å². The molecule has 0 radical (unpaired) electrons. The van der Waals surface area contributed by atoms with Crippen molar-refractivity contribution in [3.63, 3.8) is 0 Å². The van der Waals surface area contributed by atoms with Crippen molar-refractivity contribution in [2.24, 2.45) is 0 Å². The number of nitrogen functional groups attached to an aromatic ring is 1. The third-order valence-corrected chi connectivity index (χ3v) is 3.30. The predicted molar refractivity (Wildman–Crippen MR) is 75.4 cm³/mol. The van der Waals surface area contributed by atoms with Crippen molar-refractivity contribution >= 4 is 33.3 Å². The van der Waals surface area contributed by atoms with E-state index in [0.29, 0.717) is 5.82 Å². The fourth-order valence-electron chi connectivity index (χ4n) is 1.54. The number of pyridine rings is 1. The molecule has 0 bridgehead atoms. The van der Waals surface area contributed by atoms with Crippen molar-refractivity contribution in [2.75, 3.05) is 11.1 Å². The zero-order chi connectivity index (χ0) is 14.0. The topological polar surface area (TPSA) is 68.0 Å². The van der Waals surface area contributed by atoms with Gasteiger partial charge in [0.2, 0.25) is 0 Å². The van der Waals surface area contributed by atoms with Crippen molar-refractivity contribution in [1.82, 2.24) is 4.98 Å². The van der Waals surface area contributed by atoms with E-state index in [4.69, 9.17) is 5.73 Å². The second-order valence-electron chi connectivity index (χ2n) is 4.05. The van der Waals surface area contributed by atoms with Crippen molar-refractivity contribution in [2.45, 2.75) is 6.92 Å². The molecule has 6 heteroatoms. The van der Waals surface area contributed by atoms with Crippen LogP contribution in [0.1, 0.15) is 15.9 Å². The van der Waals surface area contributed by atoms with Crippen LogP contribution in [-0.2, 0) is 0 Å². The van der Waals surface area contributed by atoms with Crippen LogP contribution in [0.5, 0.6) is 0 Å². The first-order valence-electron chi connectivity index (χ1n) is 5.45.